The fourth-order valence-corrected chi connectivity index (χ4v) is 2.57. The highest BCUT2D eigenvalue weighted by molar-refractivity contribution is 7.85. The molecule has 0 aliphatic heterocycles. The van der Waals surface area contributed by atoms with Gasteiger partial charge in [0.2, 0.25) is 0 Å². The number of aliphatic carboxylic acids is 1. The van der Waals surface area contributed by atoms with Crippen molar-refractivity contribution in [1.82, 2.24) is 0 Å². The summed E-state index contributed by atoms with van der Waals surface area (Å²) < 4.78 is 38.2. The summed E-state index contributed by atoms with van der Waals surface area (Å²) >= 11 is 0. The average Bonchev–Trinajstić information content (AvgIpc) is 2.45. The standard InChI is InChI=1S/C14H20O7S/c15-14(16)11-20-8-4-7-19-9-10-21-22(17,18)12-13-5-2-1-3-6-13/h1-3,5-6H,4,7-12H2,(H,15,16). The molecule has 0 radical (unpaired) electrons. The van der Waals surface area contributed by atoms with Crippen molar-refractivity contribution in [3.05, 3.63) is 35.9 Å². The van der Waals surface area contributed by atoms with Gasteiger partial charge >= 0.3 is 5.97 Å². The largest absolute Gasteiger partial charge is 0.480 e. The molecule has 0 aliphatic rings. The molecule has 0 amide bonds. The van der Waals surface area contributed by atoms with Crippen molar-refractivity contribution >= 4 is 16.1 Å². The smallest absolute Gasteiger partial charge is 0.329 e. The van der Waals surface area contributed by atoms with Crippen molar-refractivity contribution < 1.29 is 32.0 Å². The average molecular weight is 332 g/mol. The van der Waals surface area contributed by atoms with E-state index in [2.05, 4.69) is 0 Å². The van der Waals surface area contributed by atoms with E-state index in [0.717, 1.165) is 0 Å². The summed E-state index contributed by atoms with van der Waals surface area (Å²) in [4.78, 5) is 10.2. The molecule has 0 saturated heterocycles. The van der Waals surface area contributed by atoms with Crippen LogP contribution in [0, 0.1) is 0 Å². The number of benzene rings is 1. The molecule has 1 rings (SSSR count). The van der Waals surface area contributed by atoms with Gasteiger partial charge in [0.25, 0.3) is 10.1 Å². The zero-order valence-corrected chi connectivity index (χ0v) is 13.0. The van der Waals surface area contributed by atoms with Gasteiger partial charge in [-0.15, -0.1) is 0 Å². The Kier molecular flexibility index (Phi) is 8.68. The highest BCUT2D eigenvalue weighted by Gasteiger charge is 2.11. The normalized spacial score (nSPS) is 11.5. The number of carboxylic acids is 1. The third-order valence-electron chi connectivity index (χ3n) is 2.48. The lowest BCUT2D eigenvalue weighted by Crippen LogP contribution is -2.14. The lowest BCUT2D eigenvalue weighted by molar-refractivity contribution is -0.142. The molecule has 0 atom stereocenters. The Morgan fingerprint density at radius 2 is 1.68 bits per heavy atom. The summed E-state index contributed by atoms with van der Waals surface area (Å²) in [6.07, 6.45) is 0.532. The zero-order chi connectivity index (χ0) is 16.3. The van der Waals surface area contributed by atoms with Gasteiger partial charge in [-0.1, -0.05) is 30.3 Å². The minimum atomic E-state index is -3.62. The summed E-state index contributed by atoms with van der Waals surface area (Å²) in [6, 6.07) is 8.77. The highest BCUT2D eigenvalue weighted by atomic mass is 32.2. The van der Waals surface area contributed by atoms with Crippen LogP contribution in [-0.4, -0.2) is 52.5 Å². The van der Waals surface area contributed by atoms with E-state index in [4.69, 9.17) is 18.8 Å². The Morgan fingerprint density at radius 3 is 2.36 bits per heavy atom. The lowest BCUT2D eigenvalue weighted by Gasteiger charge is -2.07. The number of ether oxygens (including phenoxy) is 2. The van der Waals surface area contributed by atoms with Gasteiger partial charge in [-0.25, -0.2) is 4.79 Å². The summed E-state index contributed by atoms with van der Waals surface area (Å²) in [5.74, 6) is -1.19. The van der Waals surface area contributed by atoms with Crippen molar-refractivity contribution in [2.75, 3.05) is 33.0 Å². The molecule has 0 heterocycles. The monoisotopic (exact) mass is 332 g/mol. The number of carbonyl (C=O) groups is 1. The molecule has 1 N–H and O–H groups in total. The third-order valence-corrected chi connectivity index (χ3v) is 3.69. The van der Waals surface area contributed by atoms with Crippen LogP contribution in [0.25, 0.3) is 0 Å². The molecule has 22 heavy (non-hydrogen) atoms. The van der Waals surface area contributed by atoms with Crippen LogP contribution >= 0.6 is 0 Å². The number of hydrogen-bond donors (Lipinski definition) is 1. The first-order valence-electron chi connectivity index (χ1n) is 6.78. The molecule has 8 heteroatoms. The molecule has 1 aromatic rings. The molecule has 0 fully saturated rings. The minimum absolute atomic E-state index is 0.0504. The van der Waals surface area contributed by atoms with Crippen molar-refractivity contribution in [3.8, 4) is 0 Å². The van der Waals surface area contributed by atoms with Crippen LogP contribution in [0.15, 0.2) is 30.3 Å². The quantitative estimate of drug-likeness (QED) is 0.451. The second-order valence-corrected chi connectivity index (χ2v) is 6.06. The van der Waals surface area contributed by atoms with Gasteiger partial charge in [-0.2, -0.15) is 8.42 Å². The van der Waals surface area contributed by atoms with Crippen LogP contribution < -0.4 is 0 Å². The van der Waals surface area contributed by atoms with Crippen molar-refractivity contribution in [3.63, 3.8) is 0 Å². The fourth-order valence-electron chi connectivity index (χ4n) is 1.56. The molecule has 7 nitrogen and oxygen atoms in total. The second kappa shape index (κ2) is 10.3. The van der Waals surface area contributed by atoms with E-state index in [1.165, 1.54) is 0 Å². The van der Waals surface area contributed by atoms with E-state index >= 15 is 0 Å². The van der Waals surface area contributed by atoms with Gasteiger partial charge in [0.1, 0.15) is 12.4 Å². The summed E-state index contributed by atoms with van der Waals surface area (Å²) in [6.45, 7) is 0.389. The molecule has 0 unspecified atom stereocenters. The second-order valence-electron chi connectivity index (χ2n) is 4.42. The van der Waals surface area contributed by atoms with E-state index in [1.54, 1.807) is 24.3 Å². The molecule has 0 bridgehead atoms. The van der Waals surface area contributed by atoms with Crippen LogP contribution in [0.4, 0.5) is 0 Å². The molecule has 0 saturated carbocycles. The van der Waals surface area contributed by atoms with Crippen LogP contribution in [0.5, 0.6) is 0 Å². The Balaban J connectivity index is 2.05. The zero-order valence-electron chi connectivity index (χ0n) is 12.1. The van der Waals surface area contributed by atoms with E-state index in [9.17, 15) is 13.2 Å². The lowest BCUT2D eigenvalue weighted by atomic mass is 10.2. The maximum Gasteiger partial charge on any atom is 0.329 e. The Hall–Kier alpha value is -1.48. The fraction of sp³-hybridized carbons (Fsp3) is 0.500. The van der Waals surface area contributed by atoms with Crippen molar-refractivity contribution in [2.45, 2.75) is 12.2 Å². The van der Waals surface area contributed by atoms with Gasteiger partial charge in [-0.05, 0) is 12.0 Å². The molecular formula is C14H20O7S. The summed E-state index contributed by atoms with van der Waals surface area (Å²) in [5, 5.41) is 8.34. The van der Waals surface area contributed by atoms with Crippen LogP contribution in [0.3, 0.4) is 0 Å². The number of rotatable bonds is 12. The van der Waals surface area contributed by atoms with Crippen LogP contribution in [0.2, 0.25) is 0 Å². The van der Waals surface area contributed by atoms with Gasteiger partial charge in [0.15, 0.2) is 0 Å². The maximum atomic E-state index is 11.7. The number of carboxylic acid groups (broad SMARTS) is 1. The van der Waals surface area contributed by atoms with E-state index in [-0.39, 0.29) is 32.2 Å². The third kappa shape index (κ3) is 9.46. The molecule has 0 aromatic heterocycles. The highest BCUT2D eigenvalue weighted by Crippen LogP contribution is 2.06. The Bertz CT molecular complexity index is 527. The van der Waals surface area contributed by atoms with Gasteiger partial charge in [0.05, 0.1) is 13.2 Å². The van der Waals surface area contributed by atoms with E-state index < -0.39 is 16.1 Å². The summed E-state index contributed by atoms with van der Waals surface area (Å²) in [5.41, 5.74) is 0.666. The van der Waals surface area contributed by atoms with Crippen molar-refractivity contribution in [1.29, 1.82) is 0 Å². The minimum Gasteiger partial charge on any atom is -0.480 e. The molecule has 1 aromatic carbocycles. The maximum absolute atomic E-state index is 11.7. The Morgan fingerprint density at radius 1 is 1.00 bits per heavy atom. The predicted octanol–water partition coefficient (Wildman–Crippen LogP) is 1.04. The van der Waals surface area contributed by atoms with E-state index in [1.807, 2.05) is 6.07 Å². The molecule has 0 spiro atoms. The number of hydrogen-bond acceptors (Lipinski definition) is 6. The predicted molar refractivity (Wildman–Crippen MR) is 78.9 cm³/mol. The van der Waals surface area contributed by atoms with Gasteiger partial charge in [-0.3, -0.25) is 4.18 Å². The first-order chi connectivity index (χ1) is 10.5. The molecular weight excluding hydrogens is 312 g/mol. The Labute approximate surface area is 129 Å². The van der Waals surface area contributed by atoms with E-state index in [0.29, 0.717) is 18.6 Å². The first-order valence-corrected chi connectivity index (χ1v) is 8.35. The van der Waals surface area contributed by atoms with Crippen molar-refractivity contribution in [2.24, 2.45) is 0 Å². The first kappa shape index (κ1) is 18.6. The molecule has 0 aliphatic carbocycles. The van der Waals surface area contributed by atoms with Gasteiger partial charge < -0.3 is 14.6 Å². The van der Waals surface area contributed by atoms with Crippen LogP contribution in [-0.2, 0) is 34.3 Å². The van der Waals surface area contributed by atoms with Crippen LogP contribution in [0.1, 0.15) is 12.0 Å². The topological polar surface area (TPSA) is 99.1 Å². The molecule has 124 valence electrons. The van der Waals surface area contributed by atoms with Gasteiger partial charge in [0, 0.05) is 13.2 Å². The SMILES string of the molecule is O=C(O)COCCCOCCOS(=O)(=O)Cc1ccccc1. The summed E-state index contributed by atoms with van der Waals surface area (Å²) in [7, 11) is -3.62.